The summed E-state index contributed by atoms with van der Waals surface area (Å²) in [4.78, 5) is 48.8. The first-order valence-corrected chi connectivity index (χ1v) is 12.7. The van der Waals surface area contributed by atoms with E-state index in [0.29, 0.717) is 18.8 Å². The summed E-state index contributed by atoms with van der Waals surface area (Å²) >= 11 is 0. The zero-order valence-electron chi connectivity index (χ0n) is 22.2. The van der Waals surface area contributed by atoms with E-state index in [1.54, 1.807) is 0 Å². The van der Waals surface area contributed by atoms with Crippen LogP contribution in [0.15, 0.2) is 48.5 Å². The summed E-state index contributed by atoms with van der Waals surface area (Å²) in [6.07, 6.45) is 1.06. The number of nitrogens with one attached hydrogen (secondary N) is 4. The molecule has 10 heteroatoms. The number of carboxylic acid groups (broad SMARTS) is 1. The van der Waals surface area contributed by atoms with Gasteiger partial charge in [-0.25, -0.2) is 0 Å². The van der Waals surface area contributed by atoms with Crippen LogP contribution in [0.1, 0.15) is 42.9 Å². The van der Waals surface area contributed by atoms with Crippen LogP contribution in [0.4, 0.5) is 0 Å². The number of ether oxygens (including phenoxy) is 1. The molecule has 0 unspecified atom stereocenters. The molecule has 10 nitrogen and oxygen atoms in total. The molecule has 38 heavy (non-hydrogen) atoms. The fraction of sp³-hybridized carbons (Fsp3) is 0.429. The molecule has 0 aliphatic heterocycles. The summed E-state index contributed by atoms with van der Waals surface area (Å²) in [5, 5.41) is 20.1. The molecule has 2 rings (SSSR count). The number of carbonyl (C=O) groups excluding carboxylic acids is 3. The third-order valence-electron chi connectivity index (χ3n) is 5.88. The highest BCUT2D eigenvalue weighted by molar-refractivity contribution is 5.93. The molecule has 2 aromatic rings. The Morgan fingerprint density at radius 2 is 1.71 bits per heavy atom. The zero-order chi connectivity index (χ0) is 27.9. The quantitative estimate of drug-likeness (QED) is 0.209. The number of aryl methyl sites for hydroxylation is 2. The summed E-state index contributed by atoms with van der Waals surface area (Å²) in [6.45, 7) is 4.77. The number of amides is 3. The van der Waals surface area contributed by atoms with Gasteiger partial charge in [-0.2, -0.15) is 0 Å². The predicted octanol–water partition coefficient (Wildman–Crippen LogP) is 1.70. The Bertz CT molecular complexity index is 1060. The van der Waals surface area contributed by atoms with E-state index in [2.05, 4.69) is 21.3 Å². The Labute approximate surface area is 223 Å². The second-order valence-corrected chi connectivity index (χ2v) is 9.05. The first-order valence-electron chi connectivity index (χ1n) is 12.7. The average Bonchev–Trinajstić information content (AvgIpc) is 2.88. The lowest BCUT2D eigenvalue weighted by Crippen LogP contribution is -2.54. The molecule has 0 fully saturated rings. The van der Waals surface area contributed by atoms with E-state index in [1.165, 1.54) is 6.92 Å². The maximum Gasteiger partial charge on any atom is 0.305 e. The standard InChI is InChI=1S/C28H38N4O6/c1-19-10-12-23(38-15-7-14-29-3)16-22(19)18-30-27(36)24(13-11-21-8-5-4-6-9-21)32-28(37)25(17-26(34)35)31-20(2)33/h4-6,8-10,12,16,24-25,29H,7,11,13-15,17-18H2,1-3H3,(H,30,36)(H,31,33)(H,32,37)(H,34,35)/t24-,25-/m0/s1. The van der Waals surface area contributed by atoms with Gasteiger partial charge in [0.1, 0.15) is 17.8 Å². The number of rotatable bonds is 16. The largest absolute Gasteiger partial charge is 0.494 e. The number of aliphatic carboxylic acids is 1. The molecule has 0 aromatic heterocycles. The molecule has 5 N–H and O–H groups in total. The van der Waals surface area contributed by atoms with Crippen molar-refractivity contribution in [2.75, 3.05) is 20.2 Å². The van der Waals surface area contributed by atoms with Gasteiger partial charge in [-0.3, -0.25) is 19.2 Å². The van der Waals surface area contributed by atoms with Gasteiger partial charge >= 0.3 is 5.97 Å². The van der Waals surface area contributed by atoms with Crippen LogP contribution in [0.3, 0.4) is 0 Å². The second kappa shape index (κ2) is 16.0. The first-order chi connectivity index (χ1) is 18.2. The van der Waals surface area contributed by atoms with Crippen LogP contribution in [0.25, 0.3) is 0 Å². The summed E-state index contributed by atoms with van der Waals surface area (Å²) in [5.41, 5.74) is 2.84. The molecular formula is C28H38N4O6. The fourth-order valence-electron chi connectivity index (χ4n) is 3.80. The average molecular weight is 527 g/mol. The summed E-state index contributed by atoms with van der Waals surface area (Å²) in [7, 11) is 1.88. The van der Waals surface area contributed by atoms with Gasteiger partial charge < -0.3 is 31.1 Å². The highest BCUT2D eigenvalue weighted by Crippen LogP contribution is 2.18. The molecule has 0 saturated carbocycles. The number of hydrogen-bond donors (Lipinski definition) is 5. The van der Waals surface area contributed by atoms with Crippen LogP contribution in [-0.2, 0) is 32.1 Å². The van der Waals surface area contributed by atoms with E-state index in [9.17, 15) is 19.2 Å². The molecular weight excluding hydrogens is 488 g/mol. The summed E-state index contributed by atoms with van der Waals surface area (Å²) in [5.74, 6) is -2.22. The molecule has 0 spiro atoms. The van der Waals surface area contributed by atoms with Crippen LogP contribution in [0.5, 0.6) is 5.75 Å². The van der Waals surface area contributed by atoms with Gasteiger partial charge in [0, 0.05) is 13.5 Å². The van der Waals surface area contributed by atoms with Gasteiger partial charge in [0.25, 0.3) is 0 Å². The zero-order valence-corrected chi connectivity index (χ0v) is 22.2. The molecule has 0 heterocycles. The third kappa shape index (κ3) is 11.0. The Morgan fingerprint density at radius 3 is 2.37 bits per heavy atom. The van der Waals surface area contributed by atoms with Crippen molar-refractivity contribution in [3.05, 3.63) is 65.2 Å². The van der Waals surface area contributed by atoms with Gasteiger partial charge in [-0.1, -0.05) is 36.4 Å². The van der Waals surface area contributed by atoms with Crippen molar-refractivity contribution in [2.24, 2.45) is 0 Å². The van der Waals surface area contributed by atoms with E-state index in [4.69, 9.17) is 9.84 Å². The van der Waals surface area contributed by atoms with Gasteiger partial charge in [0.15, 0.2) is 0 Å². The third-order valence-corrected chi connectivity index (χ3v) is 5.88. The summed E-state index contributed by atoms with van der Waals surface area (Å²) < 4.78 is 5.80. The number of carboxylic acids is 1. The smallest absolute Gasteiger partial charge is 0.305 e. The molecule has 2 atom stereocenters. The first kappa shape index (κ1) is 30.3. The molecule has 0 saturated heterocycles. The lowest BCUT2D eigenvalue weighted by atomic mass is 10.0. The molecule has 0 bridgehead atoms. The minimum absolute atomic E-state index is 0.223. The Balaban J connectivity index is 2.11. The van der Waals surface area contributed by atoms with Crippen LogP contribution in [0.2, 0.25) is 0 Å². The highest BCUT2D eigenvalue weighted by Gasteiger charge is 2.27. The highest BCUT2D eigenvalue weighted by atomic mass is 16.5. The maximum absolute atomic E-state index is 13.2. The lowest BCUT2D eigenvalue weighted by Gasteiger charge is -2.22. The molecule has 0 aliphatic rings. The molecule has 0 radical (unpaired) electrons. The topological polar surface area (TPSA) is 146 Å². The van der Waals surface area contributed by atoms with E-state index in [1.807, 2.05) is 62.5 Å². The van der Waals surface area contributed by atoms with Crippen molar-refractivity contribution >= 4 is 23.7 Å². The SMILES string of the molecule is CNCCCOc1ccc(C)c(CNC(=O)[C@H](CCc2ccccc2)NC(=O)[C@H](CC(=O)O)NC(C)=O)c1. The van der Waals surface area contributed by atoms with Crippen molar-refractivity contribution in [3.63, 3.8) is 0 Å². The van der Waals surface area contributed by atoms with Crippen LogP contribution < -0.4 is 26.0 Å². The van der Waals surface area contributed by atoms with Crippen LogP contribution >= 0.6 is 0 Å². The van der Waals surface area contributed by atoms with E-state index >= 15 is 0 Å². The van der Waals surface area contributed by atoms with Crippen molar-refractivity contribution in [3.8, 4) is 5.75 Å². The molecule has 3 amide bonds. The molecule has 0 aliphatic carbocycles. The Hall–Kier alpha value is -3.92. The number of benzene rings is 2. The van der Waals surface area contributed by atoms with Gasteiger partial charge in [0.05, 0.1) is 13.0 Å². The van der Waals surface area contributed by atoms with Gasteiger partial charge in [0.2, 0.25) is 17.7 Å². The monoisotopic (exact) mass is 526 g/mol. The summed E-state index contributed by atoms with van der Waals surface area (Å²) in [6, 6.07) is 13.0. The van der Waals surface area contributed by atoms with Gasteiger partial charge in [-0.15, -0.1) is 0 Å². The Morgan fingerprint density at radius 1 is 0.974 bits per heavy atom. The Kier molecular flexibility index (Phi) is 12.8. The van der Waals surface area contributed by atoms with Crippen molar-refractivity contribution in [1.82, 2.24) is 21.3 Å². The normalized spacial score (nSPS) is 12.2. The molecule has 206 valence electrons. The van der Waals surface area contributed by atoms with Crippen molar-refractivity contribution in [2.45, 2.75) is 58.2 Å². The molecule has 2 aromatic carbocycles. The van der Waals surface area contributed by atoms with Crippen molar-refractivity contribution < 1.29 is 29.0 Å². The maximum atomic E-state index is 13.2. The fourth-order valence-corrected chi connectivity index (χ4v) is 3.80. The second-order valence-electron chi connectivity index (χ2n) is 9.05. The number of carbonyl (C=O) groups is 4. The minimum atomic E-state index is -1.30. The minimum Gasteiger partial charge on any atom is -0.494 e. The number of hydrogen-bond acceptors (Lipinski definition) is 6. The van der Waals surface area contributed by atoms with E-state index < -0.39 is 42.2 Å². The van der Waals surface area contributed by atoms with Crippen molar-refractivity contribution in [1.29, 1.82) is 0 Å². The van der Waals surface area contributed by atoms with E-state index in [-0.39, 0.29) is 13.0 Å². The van der Waals surface area contributed by atoms with E-state index in [0.717, 1.165) is 29.7 Å². The van der Waals surface area contributed by atoms with Gasteiger partial charge in [-0.05, 0) is 68.6 Å². The van der Waals surface area contributed by atoms with Crippen LogP contribution in [0, 0.1) is 6.92 Å². The lowest BCUT2D eigenvalue weighted by molar-refractivity contribution is -0.140. The predicted molar refractivity (Wildman–Crippen MR) is 144 cm³/mol. The van der Waals surface area contributed by atoms with Crippen LogP contribution in [-0.4, -0.2) is 61.1 Å².